The zero-order valence-electron chi connectivity index (χ0n) is 10.3. The number of anilines is 1. The zero-order chi connectivity index (χ0) is 11.8. The summed E-state index contributed by atoms with van der Waals surface area (Å²) < 4.78 is 6.06. The van der Waals surface area contributed by atoms with E-state index in [1.54, 1.807) is 0 Å². The minimum absolute atomic E-state index is 0.366. The summed E-state index contributed by atoms with van der Waals surface area (Å²) in [4.78, 5) is 2.53. The molecule has 2 bridgehead atoms. The van der Waals surface area contributed by atoms with Crippen LogP contribution in [0.2, 0.25) is 0 Å². The molecule has 2 unspecified atom stereocenters. The third-order valence-corrected chi connectivity index (χ3v) is 4.22. The Morgan fingerprint density at radius 3 is 2.59 bits per heavy atom. The molecule has 1 aromatic rings. The topological polar surface area (TPSA) is 38.5 Å². The van der Waals surface area contributed by atoms with E-state index in [0.717, 1.165) is 36.4 Å². The highest BCUT2D eigenvalue weighted by Gasteiger charge is 2.39. The molecule has 0 amide bonds. The van der Waals surface area contributed by atoms with Crippen LogP contribution in [0.1, 0.15) is 25.7 Å². The number of nitrogen functional groups attached to an aromatic ring is 1. The molecule has 3 atom stereocenters. The van der Waals surface area contributed by atoms with Crippen molar-refractivity contribution in [2.75, 3.05) is 12.8 Å². The minimum atomic E-state index is 0.366. The third kappa shape index (κ3) is 2.12. The summed E-state index contributed by atoms with van der Waals surface area (Å²) >= 11 is 0. The average Bonchev–Trinajstić information content (AvgIpc) is 2.52. The Labute approximate surface area is 103 Å². The molecule has 3 rings (SSSR count). The Morgan fingerprint density at radius 2 is 1.94 bits per heavy atom. The predicted molar refractivity (Wildman–Crippen MR) is 69.1 cm³/mol. The summed E-state index contributed by atoms with van der Waals surface area (Å²) in [5, 5.41) is 0. The molecule has 2 aliphatic heterocycles. The van der Waals surface area contributed by atoms with E-state index in [0.29, 0.717) is 6.10 Å². The summed E-state index contributed by atoms with van der Waals surface area (Å²) in [6.07, 6.45) is 5.34. The highest BCUT2D eigenvalue weighted by molar-refractivity contribution is 5.43. The first-order valence-electron chi connectivity index (χ1n) is 6.46. The average molecular weight is 232 g/mol. The van der Waals surface area contributed by atoms with Crippen molar-refractivity contribution in [2.45, 2.75) is 43.9 Å². The summed E-state index contributed by atoms with van der Waals surface area (Å²) in [6.45, 7) is 0. The fourth-order valence-corrected chi connectivity index (χ4v) is 3.24. The van der Waals surface area contributed by atoms with Crippen molar-refractivity contribution in [1.29, 1.82) is 0 Å². The first-order valence-corrected chi connectivity index (χ1v) is 6.46. The second kappa shape index (κ2) is 4.22. The SMILES string of the molecule is CN1C2CC[C@H]1CC(Oc1cccc(N)c1)C2. The molecule has 92 valence electrons. The van der Waals surface area contributed by atoms with Gasteiger partial charge in [-0.2, -0.15) is 0 Å². The van der Waals surface area contributed by atoms with Crippen LogP contribution < -0.4 is 10.5 Å². The highest BCUT2D eigenvalue weighted by Crippen LogP contribution is 2.36. The van der Waals surface area contributed by atoms with Gasteiger partial charge in [-0.05, 0) is 44.9 Å². The first-order chi connectivity index (χ1) is 8.22. The van der Waals surface area contributed by atoms with Crippen molar-refractivity contribution < 1.29 is 4.74 Å². The maximum absolute atomic E-state index is 6.06. The quantitative estimate of drug-likeness (QED) is 0.795. The molecule has 3 nitrogen and oxygen atoms in total. The lowest BCUT2D eigenvalue weighted by molar-refractivity contribution is 0.0662. The van der Waals surface area contributed by atoms with Gasteiger partial charge in [0.25, 0.3) is 0 Å². The number of ether oxygens (including phenoxy) is 1. The largest absolute Gasteiger partial charge is 0.490 e. The predicted octanol–water partition coefficient (Wildman–Crippen LogP) is 2.27. The Bertz CT molecular complexity index is 393. The van der Waals surface area contributed by atoms with E-state index in [1.165, 1.54) is 12.8 Å². The van der Waals surface area contributed by atoms with E-state index in [4.69, 9.17) is 10.5 Å². The lowest BCUT2D eigenvalue weighted by Crippen LogP contribution is -2.43. The molecular weight excluding hydrogens is 212 g/mol. The number of fused-ring (bicyclic) bond motifs is 2. The van der Waals surface area contributed by atoms with Crippen molar-refractivity contribution in [3.63, 3.8) is 0 Å². The van der Waals surface area contributed by atoms with E-state index in [1.807, 2.05) is 24.3 Å². The van der Waals surface area contributed by atoms with Crippen molar-refractivity contribution in [3.8, 4) is 5.75 Å². The van der Waals surface area contributed by atoms with Gasteiger partial charge in [-0.3, -0.25) is 0 Å². The van der Waals surface area contributed by atoms with Crippen molar-refractivity contribution in [1.82, 2.24) is 4.90 Å². The molecule has 0 radical (unpaired) electrons. The van der Waals surface area contributed by atoms with Gasteiger partial charge in [-0.25, -0.2) is 0 Å². The lowest BCUT2D eigenvalue weighted by Gasteiger charge is -2.36. The van der Waals surface area contributed by atoms with Crippen molar-refractivity contribution >= 4 is 5.69 Å². The summed E-state index contributed by atoms with van der Waals surface area (Å²) in [5.41, 5.74) is 6.54. The van der Waals surface area contributed by atoms with Gasteiger partial charge >= 0.3 is 0 Å². The van der Waals surface area contributed by atoms with Crippen LogP contribution in [-0.4, -0.2) is 30.1 Å². The number of nitrogens with zero attached hydrogens (tertiary/aromatic N) is 1. The molecule has 1 aromatic carbocycles. The first kappa shape index (κ1) is 10.9. The monoisotopic (exact) mass is 232 g/mol. The minimum Gasteiger partial charge on any atom is -0.490 e. The van der Waals surface area contributed by atoms with Gasteiger partial charge in [0.05, 0.1) is 0 Å². The van der Waals surface area contributed by atoms with Gasteiger partial charge in [0.1, 0.15) is 11.9 Å². The molecule has 2 aliphatic rings. The van der Waals surface area contributed by atoms with Crippen molar-refractivity contribution in [3.05, 3.63) is 24.3 Å². The molecule has 17 heavy (non-hydrogen) atoms. The summed E-state index contributed by atoms with van der Waals surface area (Å²) in [7, 11) is 2.25. The maximum atomic E-state index is 6.06. The standard InChI is InChI=1S/C14H20N2O/c1-16-11-5-6-12(16)9-14(8-11)17-13-4-2-3-10(15)7-13/h2-4,7,11-12,14H,5-6,8-9,15H2,1H3/t11-,12?,14?/m0/s1. The number of piperidine rings is 1. The van der Waals surface area contributed by atoms with E-state index in [9.17, 15) is 0 Å². The molecule has 0 aliphatic carbocycles. The molecule has 0 spiro atoms. The van der Waals surface area contributed by atoms with Gasteiger partial charge < -0.3 is 15.4 Å². The van der Waals surface area contributed by atoms with Gasteiger partial charge in [0.15, 0.2) is 0 Å². The van der Waals surface area contributed by atoms with Gasteiger partial charge in [-0.15, -0.1) is 0 Å². The van der Waals surface area contributed by atoms with E-state index < -0.39 is 0 Å². The zero-order valence-corrected chi connectivity index (χ0v) is 10.3. The Balaban J connectivity index is 1.67. The second-order valence-electron chi connectivity index (χ2n) is 5.33. The van der Waals surface area contributed by atoms with Gasteiger partial charge in [0, 0.05) is 23.8 Å². The fraction of sp³-hybridized carbons (Fsp3) is 0.571. The molecule has 0 saturated carbocycles. The molecule has 2 saturated heterocycles. The van der Waals surface area contributed by atoms with Crippen LogP contribution in [0.4, 0.5) is 5.69 Å². The number of nitrogens with two attached hydrogens (primary N) is 1. The lowest BCUT2D eigenvalue weighted by atomic mass is 10.0. The number of hydrogen-bond acceptors (Lipinski definition) is 3. The Morgan fingerprint density at radius 1 is 1.24 bits per heavy atom. The second-order valence-corrected chi connectivity index (χ2v) is 5.33. The smallest absolute Gasteiger partial charge is 0.121 e. The molecule has 2 fully saturated rings. The van der Waals surface area contributed by atoms with Crippen LogP contribution in [0.5, 0.6) is 5.75 Å². The molecular formula is C14H20N2O. The third-order valence-electron chi connectivity index (χ3n) is 4.22. The van der Waals surface area contributed by atoms with Crippen LogP contribution in [0.15, 0.2) is 24.3 Å². The van der Waals surface area contributed by atoms with E-state index in [2.05, 4.69) is 11.9 Å². The molecule has 2 heterocycles. The van der Waals surface area contributed by atoms with Crippen LogP contribution in [-0.2, 0) is 0 Å². The van der Waals surface area contributed by atoms with Crippen LogP contribution in [0.3, 0.4) is 0 Å². The number of hydrogen-bond donors (Lipinski definition) is 1. The van der Waals surface area contributed by atoms with E-state index >= 15 is 0 Å². The summed E-state index contributed by atoms with van der Waals surface area (Å²) in [5.74, 6) is 0.916. The maximum Gasteiger partial charge on any atom is 0.121 e. The number of benzene rings is 1. The normalized spacial score (nSPS) is 32.6. The Hall–Kier alpha value is -1.22. The highest BCUT2D eigenvalue weighted by atomic mass is 16.5. The van der Waals surface area contributed by atoms with Gasteiger partial charge in [-0.1, -0.05) is 6.07 Å². The Kier molecular flexibility index (Phi) is 2.71. The van der Waals surface area contributed by atoms with Gasteiger partial charge in [0.2, 0.25) is 0 Å². The molecule has 3 heteroatoms. The van der Waals surface area contributed by atoms with Crippen LogP contribution in [0.25, 0.3) is 0 Å². The van der Waals surface area contributed by atoms with Crippen LogP contribution >= 0.6 is 0 Å². The molecule has 0 aromatic heterocycles. The van der Waals surface area contributed by atoms with Crippen LogP contribution in [0, 0.1) is 0 Å². The number of rotatable bonds is 2. The van der Waals surface area contributed by atoms with Crippen molar-refractivity contribution in [2.24, 2.45) is 0 Å². The van der Waals surface area contributed by atoms with E-state index in [-0.39, 0.29) is 0 Å². The molecule has 2 N–H and O–H groups in total. The summed E-state index contributed by atoms with van der Waals surface area (Å²) in [6, 6.07) is 9.20. The fourth-order valence-electron chi connectivity index (χ4n) is 3.24.